The van der Waals surface area contributed by atoms with Crippen LogP contribution in [0.4, 0.5) is 13.2 Å². The second kappa shape index (κ2) is 9.39. The van der Waals surface area contributed by atoms with Crippen molar-refractivity contribution in [1.82, 2.24) is 9.55 Å². The minimum Gasteiger partial charge on any atom is -0.438 e. The minimum atomic E-state index is -0.792. The smallest absolute Gasteiger partial charge is 0.259 e. The third kappa shape index (κ3) is 4.30. The quantitative estimate of drug-likeness (QED) is 0.299. The van der Waals surface area contributed by atoms with Gasteiger partial charge in [-0.25, -0.2) is 18.2 Å². The maximum absolute atomic E-state index is 14.6. The highest BCUT2D eigenvalue weighted by atomic mass is 19.1. The van der Waals surface area contributed by atoms with Crippen LogP contribution in [0.5, 0.6) is 11.6 Å². The number of benzene rings is 3. The zero-order valence-electron chi connectivity index (χ0n) is 18.6. The van der Waals surface area contributed by atoms with Crippen LogP contribution in [0.3, 0.4) is 0 Å². The molecule has 0 saturated carbocycles. The Bertz CT molecular complexity index is 1710. The lowest BCUT2D eigenvalue weighted by Gasteiger charge is -2.16. The van der Waals surface area contributed by atoms with Crippen molar-refractivity contribution in [3.05, 3.63) is 124 Å². The third-order valence-electron chi connectivity index (χ3n) is 5.70. The number of hydrogen-bond acceptors (Lipinski definition) is 4. The Morgan fingerprint density at radius 2 is 1.69 bits per heavy atom. The van der Waals surface area contributed by atoms with Crippen LogP contribution < -0.4 is 10.3 Å². The molecule has 0 spiro atoms. The van der Waals surface area contributed by atoms with Gasteiger partial charge in [0.1, 0.15) is 34.8 Å². The molecule has 0 bridgehead atoms. The van der Waals surface area contributed by atoms with E-state index in [0.29, 0.717) is 17.0 Å². The molecule has 2 heterocycles. The number of hydrogen-bond donors (Lipinski definition) is 0. The van der Waals surface area contributed by atoms with Gasteiger partial charge in [0.25, 0.3) is 5.56 Å². The third-order valence-corrected chi connectivity index (χ3v) is 5.70. The number of ether oxygens (including phenoxy) is 1. The van der Waals surface area contributed by atoms with E-state index in [9.17, 15) is 23.2 Å². The van der Waals surface area contributed by atoms with Crippen molar-refractivity contribution in [3.63, 3.8) is 0 Å². The Morgan fingerprint density at radius 3 is 2.44 bits per heavy atom. The lowest BCUT2D eigenvalue weighted by molar-refractivity contribution is 0.461. The van der Waals surface area contributed by atoms with Gasteiger partial charge in [0.05, 0.1) is 17.6 Å². The first kappa shape index (κ1) is 22.9. The van der Waals surface area contributed by atoms with Gasteiger partial charge in [0.2, 0.25) is 5.88 Å². The molecule has 0 radical (unpaired) electrons. The van der Waals surface area contributed by atoms with Crippen molar-refractivity contribution in [1.29, 1.82) is 5.26 Å². The molecule has 0 N–H and O–H groups in total. The van der Waals surface area contributed by atoms with E-state index in [1.807, 2.05) is 6.07 Å². The van der Waals surface area contributed by atoms with Crippen molar-refractivity contribution < 1.29 is 17.9 Å². The molecule has 0 amide bonds. The van der Waals surface area contributed by atoms with E-state index in [2.05, 4.69) is 4.98 Å². The fourth-order valence-electron chi connectivity index (χ4n) is 3.92. The molecule has 8 heteroatoms. The van der Waals surface area contributed by atoms with Gasteiger partial charge in [0.15, 0.2) is 0 Å². The van der Waals surface area contributed by atoms with Crippen molar-refractivity contribution in [2.24, 2.45) is 0 Å². The molecule has 5 nitrogen and oxygen atoms in total. The lowest BCUT2D eigenvalue weighted by Crippen LogP contribution is -2.23. The second-order valence-corrected chi connectivity index (χ2v) is 7.95. The van der Waals surface area contributed by atoms with Gasteiger partial charge in [-0.2, -0.15) is 5.26 Å². The Labute approximate surface area is 203 Å². The molecule has 5 rings (SSSR count). The number of rotatable bonds is 5. The molecule has 36 heavy (non-hydrogen) atoms. The van der Waals surface area contributed by atoms with E-state index < -0.39 is 23.0 Å². The van der Waals surface area contributed by atoms with Crippen LogP contribution in [0.15, 0.2) is 89.9 Å². The molecule has 0 aliphatic carbocycles. The molecule has 3 aromatic carbocycles. The van der Waals surface area contributed by atoms with Crippen molar-refractivity contribution in [2.75, 3.05) is 0 Å². The molecule has 5 aromatic rings. The molecule has 0 aliphatic heterocycles. The van der Waals surface area contributed by atoms with E-state index in [1.54, 1.807) is 36.4 Å². The van der Waals surface area contributed by atoms with Crippen LogP contribution in [0, 0.1) is 28.8 Å². The van der Waals surface area contributed by atoms with Gasteiger partial charge in [-0.15, -0.1) is 0 Å². The van der Waals surface area contributed by atoms with E-state index in [4.69, 9.17) is 4.74 Å². The van der Waals surface area contributed by atoms with Crippen molar-refractivity contribution in [2.45, 2.75) is 6.54 Å². The first-order chi connectivity index (χ1) is 17.4. The van der Waals surface area contributed by atoms with Crippen molar-refractivity contribution >= 4 is 10.8 Å². The molecule has 0 aliphatic rings. The molecule has 2 aromatic heterocycles. The lowest BCUT2D eigenvalue weighted by atomic mass is 10.0. The summed E-state index contributed by atoms with van der Waals surface area (Å²) in [5.41, 5.74) is 0.728. The Kier molecular flexibility index (Phi) is 5.97. The molecule has 0 saturated heterocycles. The highest BCUT2D eigenvalue weighted by Crippen LogP contribution is 2.29. The number of pyridine rings is 2. The number of nitrogens with zero attached hydrogens (tertiary/aromatic N) is 3. The van der Waals surface area contributed by atoms with Crippen LogP contribution in [0.1, 0.15) is 11.1 Å². The second-order valence-electron chi connectivity index (χ2n) is 7.95. The normalized spacial score (nSPS) is 10.8. The van der Waals surface area contributed by atoms with E-state index in [0.717, 1.165) is 12.1 Å². The summed E-state index contributed by atoms with van der Waals surface area (Å²) in [4.78, 5) is 17.4. The Morgan fingerprint density at radius 1 is 0.889 bits per heavy atom. The summed E-state index contributed by atoms with van der Waals surface area (Å²) in [5.74, 6) is -1.55. The van der Waals surface area contributed by atoms with Crippen LogP contribution in [0.2, 0.25) is 0 Å². The average Bonchev–Trinajstić information content (AvgIpc) is 2.88. The number of halogens is 3. The summed E-state index contributed by atoms with van der Waals surface area (Å²) in [6.45, 7) is -0.190. The number of nitriles is 1. The summed E-state index contributed by atoms with van der Waals surface area (Å²) in [6.07, 6.45) is 1.50. The maximum atomic E-state index is 14.6. The van der Waals surface area contributed by atoms with Crippen LogP contribution in [-0.4, -0.2) is 9.55 Å². The van der Waals surface area contributed by atoms with Gasteiger partial charge in [-0.3, -0.25) is 4.79 Å². The van der Waals surface area contributed by atoms with E-state index in [-0.39, 0.29) is 34.3 Å². The monoisotopic (exact) mass is 483 g/mol. The molecular formula is C28H16F3N3O2. The number of aromatic nitrogens is 2. The topological polar surface area (TPSA) is 67.9 Å². The fraction of sp³-hybridized carbons (Fsp3) is 0.0357. The SMILES string of the molecule is N#Cc1cccnc1Oc1ccc(-c2cc3c(F)cccc3c(=O)n2Cc2ccc(F)cc2F)cc1. The highest BCUT2D eigenvalue weighted by Gasteiger charge is 2.16. The van der Waals surface area contributed by atoms with Gasteiger partial charge >= 0.3 is 0 Å². The standard InChI is InChI=1S/C28H16F3N3O2/c29-20-9-6-19(25(31)13-20)16-34-26(14-23-22(28(34)35)4-1-5-24(23)30)17-7-10-21(11-8-17)36-27-18(15-32)3-2-12-33-27/h1-14H,16H2. The molecular weight excluding hydrogens is 467 g/mol. The summed E-state index contributed by atoms with van der Waals surface area (Å²) >= 11 is 0. The van der Waals surface area contributed by atoms with Gasteiger partial charge in [-0.05, 0) is 66.2 Å². The zero-order chi connectivity index (χ0) is 25.2. The fourth-order valence-corrected chi connectivity index (χ4v) is 3.92. The van der Waals surface area contributed by atoms with Gasteiger partial charge < -0.3 is 9.30 Å². The Balaban J connectivity index is 1.61. The largest absolute Gasteiger partial charge is 0.438 e. The maximum Gasteiger partial charge on any atom is 0.259 e. The molecule has 176 valence electrons. The molecule has 0 atom stereocenters. The summed E-state index contributed by atoms with van der Waals surface area (Å²) in [5, 5.41) is 9.50. The minimum absolute atomic E-state index is 0.106. The van der Waals surface area contributed by atoms with Crippen LogP contribution >= 0.6 is 0 Å². The van der Waals surface area contributed by atoms with Crippen LogP contribution in [0.25, 0.3) is 22.0 Å². The first-order valence-corrected chi connectivity index (χ1v) is 10.8. The Hall–Kier alpha value is -4.90. The summed E-state index contributed by atoms with van der Waals surface area (Å²) in [7, 11) is 0. The first-order valence-electron chi connectivity index (χ1n) is 10.8. The molecule has 0 fully saturated rings. The van der Waals surface area contributed by atoms with Crippen LogP contribution in [-0.2, 0) is 6.54 Å². The summed E-state index contributed by atoms with van der Waals surface area (Å²) < 4.78 is 49.5. The average molecular weight is 483 g/mol. The van der Waals surface area contributed by atoms with Gasteiger partial charge in [0, 0.05) is 23.2 Å². The van der Waals surface area contributed by atoms with Crippen molar-refractivity contribution in [3.8, 4) is 29.0 Å². The highest BCUT2D eigenvalue weighted by molar-refractivity contribution is 5.86. The molecule has 0 unspecified atom stereocenters. The number of fused-ring (bicyclic) bond motifs is 1. The van der Waals surface area contributed by atoms with Gasteiger partial charge in [-0.1, -0.05) is 12.1 Å². The summed E-state index contributed by atoms with van der Waals surface area (Å²) in [6, 6.07) is 20.6. The zero-order valence-corrected chi connectivity index (χ0v) is 18.6. The predicted octanol–water partition coefficient (Wildman–Crippen LogP) is 6.19. The van der Waals surface area contributed by atoms with E-state index >= 15 is 0 Å². The predicted molar refractivity (Wildman–Crippen MR) is 128 cm³/mol. The van der Waals surface area contributed by atoms with E-state index in [1.165, 1.54) is 41.1 Å².